The summed E-state index contributed by atoms with van der Waals surface area (Å²) in [5.41, 5.74) is 2.89. The Bertz CT molecular complexity index is 346. The second-order valence-electron chi connectivity index (χ2n) is 6.08. The van der Waals surface area contributed by atoms with Crippen LogP contribution in [0.25, 0.3) is 0 Å². The summed E-state index contributed by atoms with van der Waals surface area (Å²) >= 11 is 0. The van der Waals surface area contributed by atoms with E-state index in [9.17, 15) is 0 Å². The van der Waals surface area contributed by atoms with Crippen molar-refractivity contribution in [1.29, 1.82) is 0 Å². The van der Waals surface area contributed by atoms with Gasteiger partial charge in [0, 0.05) is 6.61 Å². The first kappa shape index (κ1) is 14.6. The van der Waals surface area contributed by atoms with E-state index < -0.39 is 0 Å². The molecule has 0 atom stereocenters. The molecular formula is C18H28O. The highest BCUT2D eigenvalue weighted by Crippen LogP contribution is 2.37. The molecule has 1 nitrogen and oxygen atoms in total. The lowest BCUT2D eigenvalue weighted by Gasteiger charge is -2.28. The number of aliphatic hydroxyl groups excluding tert-OH is 1. The van der Waals surface area contributed by atoms with Gasteiger partial charge in [0.05, 0.1) is 0 Å². The average molecular weight is 260 g/mol. The van der Waals surface area contributed by atoms with Crippen LogP contribution in [-0.2, 0) is 6.42 Å². The minimum Gasteiger partial charge on any atom is -0.396 e. The zero-order valence-corrected chi connectivity index (χ0v) is 12.3. The molecule has 1 heteroatoms. The van der Waals surface area contributed by atoms with Crippen LogP contribution < -0.4 is 0 Å². The van der Waals surface area contributed by atoms with E-state index in [0.717, 1.165) is 24.7 Å². The molecule has 106 valence electrons. The van der Waals surface area contributed by atoms with Crippen LogP contribution in [0.4, 0.5) is 0 Å². The minimum absolute atomic E-state index is 0.295. The lowest BCUT2D eigenvalue weighted by atomic mass is 9.77. The first-order valence-electron chi connectivity index (χ1n) is 8.03. The lowest BCUT2D eigenvalue weighted by molar-refractivity contribution is 0.288. The molecule has 0 amide bonds. The monoisotopic (exact) mass is 260 g/mol. The molecular weight excluding hydrogens is 232 g/mol. The maximum atomic E-state index is 8.85. The normalized spacial score (nSPS) is 23.5. The van der Waals surface area contributed by atoms with E-state index in [4.69, 9.17) is 5.11 Å². The molecule has 0 aromatic heterocycles. The van der Waals surface area contributed by atoms with Gasteiger partial charge in [0.1, 0.15) is 0 Å². The first-order chi connectivity index (χ1) is 9.33. The molecule has 1 fully saturated rings. The third kappa shape index (κ3) is 4.35. The third-order valence-corrected chi connectivity index (χ3v) is 4.62. The van der Waals surface area contributed by atoms with Crippen molar-refractivity contribution < 1.29 is 5.11 Å². The van der Waals surface area contributed by atoms with Gasteiger partial charge in [0.25, 0.3) is 0 Å². The Morgan fingerprint density at radius 3 is 2.32 bits per heavy atom. The first-order valence-corrected chi connectivity index (χ1v) is 8.03. The summed E-state index contributed by atoms with van der Waals surface area (Å²) in [6, 6.07) is 9.14. The van der Waals surface area contributed by atoms with Gasteiger partial charge in [0.2, 0.25) is 0 Å². The summed E-state index contributed by atoms with van der Waals surface area (Å²) in [5, 5.41) is 8.85. The predicted molar refractivity (Wildman–Crippen MR) is 81.5 cm³/mol. The van der Waals surface area contributed by atoms with Gasteiger partial charge >= 0.3 is 0 Å². The molecule has 19 heavy (non-hydrogen) atoms. The highest BCUT2D eigenvalue weighted by atomic mass is 16.2. The Hall–Kier alpha value is -0.820. The molecule has 0 aliphatic heterocycles. The van der Waals surface area contributed by atoms with Crippen LogP contribution in [-0.4, -0.2) is 11.7 Å². The van der Waals surface area contributed by atoms with Crippen molar-refractivity contribution in [2.75, 3.05) is 6.61 Å². The Morgan fingerprint density at radius 2 is 1.74 bits per heavy atom. The molecule has 0 heterocycles. The van der Waals surface area contributed by atoms with Crippen molar-refractivity contribution in [3.63, 3.8) is 0 Å². The Labute approximate surface area is 118 Å². The van der Waals surface area contributed by atoms with Gasteiger partial charge in [-0.05, 0) is 61.5 Å². The molecule has 0 unspecified atom stereocenters. The molecule has 1 N–H and O–H groups in total. The van der Waals surface area contributed by atoms with Gasteiger partial charge in [-0.25, -0.2) is 0 Å². The van der Waals surface area contributed by atoms with E-state index in [1.165, 1.54) is 49.7 Å². The van der Waals surface area contributed by atoms with Crippen LogP contribution in [0.3, 0.4) is 0 Å². The van der Waals surface area contributed by atoms with Crippen molar-refractivity contribution >= 4 is 0 Å². The van der Waals surface area contributed by atoms with E-state index in [2.05, 4.69) is 31.2 Å². The summed E-state index contributed by atoms with van der Waals surface area (Å²) in [4.78, 5) is 0. The summed E-state index contributed by atoms with van der Waals surface area (Å²) in [6.07, 6.45) is 10.2. The standard InChI is InChI=1S/C18H28O/c1-2-4-15-6-10-17(11-7-15)18-12-8-16(9-13-18)5-3-14-19/h8-9,12-13,15,17,19H,2-7,10-11,14H2,1H3/t15-,17-. The highest BCUT2D eigenvalue weighted by Gasteiger charge is 2.21. The molecule has 1 aromatic carbocycles. The summed E-state index contributed by atoms with van der Waals surface area (Å²) in [5.74, 6) is 1.78. The van der Waals surface area contributed by atoms with E-state index in [-0.39, 0.29) is 0 Å². The predicted octanol–water partition coefficient (Wildman–Crippen LogP) is 4.69. The highest BCUT2D eigenvalue weighted by molar-refractivity contribution is 5.25. The number of hydrogen-bond acceptors (Lipinski definition) is 1. The molecule has 0 spiro atoms. The Morgan fingerprint density at radius 1 is 1.05 bits per heavy atom. The Balaban J connectivity index is 1.85. The molecule has 1 saturated carbocycles. The van der Waals surface area contributed by atoms with Gasteiger partial charge in [0.15, 0.2) is 0 Å². The zero-order valence-electron chi connectivity index (χ0n) is 12.3. The van der Waals surface area contributed by atoms with Gasteiger partial charge in [-0.3, -0.25) is 0 Å². The van der Waals surface area contributed by atoms with Crippen molar-refractivity contribution in [2.45, 2.75) is 64.2 Å². The van der Waals surface area contributed by atoms with Crippen LogP contribution in [0.1, 0.15) is 68.9 Å². The summed E-state index contributed by atoms with van der Waals surface area (Å²) in [7, 11) is 0. The smallest absolute Gasteiger partial charge is 0.0434 e. The largest absolute Gasteiger partial charge is 0.396 e. The quantitative estimate of drug-likeness (QED) is 0.787. The molecule has 1 aliphatic rings. The fourth-order valence-electron chi connectivity index (χ4n) is 3.43. The number of aryl methyl sites for hydroxylation is 1. The molecule has 2 rings (SSSR count). The van der Waals surface area contributed by atoms with Gasteiger partial charge in [-0.15, -0.1) is 0 Å². The van der Waals surface area contributed by atoms with Crippen LogP contribution in [0, 0.1) is 5.92 Å². The van der Waals surface area contributed by atoms with Crippen LogP contribution in [0.2, 0.25) is 0 Å². The topological polar surface area (TPSA) is 20.2 Å². The van der Waals surface area contributed by atoms with Crippen LogP contribution in [0.5, 0.6) is 0 Å². The summed E-state index contributed by atoms with van der Waals surface area (Å²) < 4.78 is 0. The van der Waals surface area contributed by atoms with Gasteiger partial charge < -0.3 is 5.11 Å². The van der Waals surface area contributed by atoms with E-state index in [1.54, 1.807) is 0 Å². The molecule has 0 radical (unpaired) electrons. The van der Waals surface area contributed by atoms with Crippen molar-refractivity contribution in [2.24, 2.45) is 5.92 Å². The fraction of sp³-hybridized carbons (Fsp3) is 0.667. The molecule has 0 bridgehead atoms. The second-order valence-corrected chi connectivity index (χ2v) is 6.08. The Kier molecular flexibility index (Phi) is 5.91. The number of hydrogen-bond donors (Lipinski definition) is 1. The van der Waals surface area contributed by atoms with Crippen LogP contribution in [0.15, 0.2) is 24.3 Å². The molecule has 0 saturated heterocycles. The molecule has 1 aromatic rings. The summed E-state index contributed by atoms with van der Waals surface area (Å²) in [6.45, 7) is 2.60. The maximum Gasteiger partial charge on any atom is 0.0434 e. The molecule has 1 aliphatic carbocycles. The minimum atomic E-state index is 0.295. The zero-order chi connectivity index (χ0) is 13.5. The maximum absolute atomic E-state index is 8.85. The third-order valence-electron chi connectivity index (χ3n) is 4.62. The van der Waals surface area contributed by atoms with Gasteiger partial charge in [-0.2, -0.15) is 0 Å². The SMILES string of the molecule is CCC[C@H]1CC[C@H](c2ccc(CCCO)cc2)CC1. The lowest BCUT2D eigenvalue weighted by Crippen LogP contribution is -2.13. The number of aliphatic hydroxyl groups is 1. The van der Waals surface area contributed by atoms with E-state index in [1.807, 2.05) is 0 Å². The van der Waals surface area contributed by atoms with E-state index >= 15 is 0 Å². The van der Waals surface area contributed by atoms with Crippen molar-refractivity contribution in [1.82, 2.24) is 0 Å². The average Bonchev–Trinajstić information content (AvgIpc) is 2.47. The van der Waals surface area contributed by atoms with Crippen molar-refractivity contribution in [3.8, 4) is 0 Å². The number of rotatable bonds is 6. The number of benzene rings is 1. The van der Waals surface area contributed by atoms with Crippen LogP contribution >= 0.6 is 0 Å². The second kappa shape index (κ2) is 7.69. The van der Waals surface area contributed by atoms with Crippen molar-refractivity contribution in [3.05, 3.63) is 35.4 Å². The van der Waals surface area contributed by atoms with E-state index in [0.29, 0.717) is 6.61 Å². The van der Waals surface area contributed by atoms with Gasteiger partial charge in [-0.1, -0.05) is 44.0 Å². The fourth-order valence-corrected chi connectivity index (χ4v) is 3.43.